The third kappa shape index (κ3) is 4.03. The molecule has 0 amide bonds. The lowest BCUT2D eigenvalue weighted by atomic mass is 10.1. The second-order valence-electron chi connectivity index (χ2n) is 5.78. The van der Waals surface area contributed by atoms with E-state index in [0.29, 0.717) is 24.2 Å². The van der Waals surface area contributed by atoms with Crippen molar-refractivity contribution >= 4 is 0 Å². The Labute approximate surface area is 120 Å². The number of nitrogens with zero attached hydrogens (tertiary/aromatic N) is 2. The van der Waals surface area contributed by atoms with Crippen LogP contribution in [0, 0.1) is 17.1 Å². The summed E-state index contributed by atoms with van der Waals surface area (Å²) in [7, 11) is 0. The van der Waals surface area contributed by atoms with Gasteiger partial charge >= 0.3 is 0 Å². The number of hydrogen-bond donors (Lipinski definition) is 1. The highest BCUT2D eigenvalue weighted by atomic mass is 19.1. The van der Waals surface area contributed by atoms with Crippen molar-refractivity contribution in [1.82, 2.24) is 10.2 Å². The highest BCUT2D eigenvalue weighted by Crippen LogP contribution is 2.15. The Kier molecular flexibility index (Phi) is 5.11. The largest absolute Gasteiger partial charge is 0.313 e. The molecule has 0 aliphatic carbocycles. The van der Waals surface area contributed by atoms with Crippen molar-refractivity contribution in [3.8, 4) is 6.07 Å². The first kappa shape index (κ1) is 15.0. The molecule has 1 aromatic carbocycles. The highest BCUT2D eigenvalue weighted by molar-refractivity contribution is 5.33. The van der Waals surface area contributed by atoms with Crippen LogP contribution < -0.4 is 5.32 Å². The molecule has 0 spiro atoms. The number of benzene rings is 1. The molecule has 1 aliphatic heterocycles. The first-order valence-electron chi connectivity index (χ1n) is 7.25. The van der Waals surface area contributed by atoms with Crippen LogP contribution in [0.25, 0.3) is 0 Å². The zero-order valence-electron chi connectivity index (χ0n) is 12.2. The van der Waals surface area contributed by atoms with Crippen molar-refractivity contribution < 1.29 is 4.39 Å². The maximum Gasteiger partial charge on any atom is 0.124 e. The van der Waals surface area contributed by atoms with Crippen molar-refractivity contribution in [2.75, 3.05) is 13.1 Å². The van der Waals surface area contributed by atoms with Gasteiger partial charge in [-0.15, -0.1) is 0 Å². The quantitative estimate of drug-likeness (QED) is 0.898. The number of halogens is 1. The van der Waals surface area contributed by atoms with Crippen LogP contribution in [0.15, 0.2) is 18.2 Å². The van der Waals surface area contributed by atoms with Crippen LogP contribution in [-0.2, 0) is 6.54 Å². The predicted octanol–water partition coefficient (Wildman–Crippen LogP) is 2.66. The molecule has 4 heteroatoms. The zero-order valence-corrected chi connectivity index (χ0v) is 12.2. The van der Waals surface area contributed by atoms with Crippen molar-refractivity contribution in [2.24, 2.45) is 0 Å². The van der Waals surface area contributed by atoms with E-state index < -0.39 is 0 Å². The second kappa shape index (κ2) is 6.83. The van der Waals surface area contributed by atoms with E-state index in [0.717, 1.165) is 18.7 Å². The molecule has 1 unspecified atom stereocenters. The maximum absolute atomic E-state index is 13.5. The van der Waals surface area contributed by atoms with E-state index in [1.54, 1.807) is 6.07 Å². The van der Waals surface area contributed by atoms with Crippen molar-refractivity contribution in [2.45, 2.75) is 45.3 Å². The minimum absolute atomic E-state index is 0.332. The summed E-state index contributed by atoms with van der Waals surface area (Å²) >= 11 is 0. The molecule has 0 saturated carbocycles. The molecule has 2 rings (SSSR count). The van der Waals surface area contributed by atoms with Crippen LogP contribution in [-0.4, -0.2) is 30.1 Å². The summed E-state index contributed by atoms with van der Waals surface area (Å²) in [6, 6.07) is 7.52. The standard InChI is InChI=1S/C16H22FN3/c1-12(2)20(11-16-4-3-5-19-16)10-14-6-13(9-18)7-15(17)8-14/h6-8,12,16,19H,3-5,10-11H2,1-2H3. The van der Waals surface area contributed by atoms with Crippen molar-refractivity contribution in [3.63, 3.8) is 0 Å². The first-order valence-corrected chi connectivity index (χ1v) is 7.25. The van der Waals surface area contributed by atoms with E-state index in [2.05, 4.69) is 24.1 Å². The predicted molar refractivity (Wildman–Crippen MR) is 77.7 cm³/mol. The van der Waals surface area contributed by atoms with Gasteiger partial charge in [-0.2, -0.15) is 5.26 Å². The maximum atomic E-state index is 13.5. The molecular weight excluding hydrogens is 253 g/mol. The molecular formula is C16H22FN3. The number of nitrogens with one attached hydrogen (secondary N) is 1. The smallest absolute Gasteiger partial charge is 0.124 e. The fraction of sp³-hybridized carbons (Fsp3) is 0.562. The van der Waals surface area contributed by atoms with E-state index in [-0.39, 0.29) is 5.82 Å². The Morgan fingerprint density at radius 1 is 1.45 bits per heavy atom. The molecule has 108 valence electrons. The van der Waals surface area contributed by atoms with E-state index in [9.17, 15) is 4.39 Å². The fourth-order valence-corrected chi connectivity index (χ4v) is 2.69. The van der Waals surface area contributed by atoms with Gasteiger partial charge in [0.05, 0.1) is 11.6 Å². The molecule has 0 bridgehead atoms. The third-order valence-corrected chi connectivity index (χ3v) is 3.82. The van der Waals surface area contributed by atoms with Crippen LogP contribution in [0.5, 0.6) is 0 Å². The lowest BCUT2D eigenvalue weighted by molar-refractivity contribution is 0.194. The fourth-order valence-electron chi connectivity index (χ4n) is 2.69. The number of nitriles is 1. The average Bonchev–Trinajstić information content (AvgIpc) is 2.90. The van der Waals surface area contributed by atoms with Crippen LogP contribution in [0.4, 0.5) is 4.39 Å². The SMILES string of the molecule is CC(C)N(Cc1cc(F)cc(C#N)c1)CC1CCCN1. The summed E-state index contributed by atoms with van der Waals surface area (Å²) in [6.45, 7) is 7.05. The number of hydrogen-bond acceptors (Lipinski definition) is 3. The van der Waals surface area contributed by atoms with Gasteiger partial charge in [0.2, 0.25) is 0 Å². The Morgan fingerprint density at radius 2 is 2.25 bits per heavy atom. The van der Waals surface area contributed by atoms with Gasteiger partial charge in [0.1, 0.15) is 5.82 Å². The summed E-state index contributed by atoms with van der Waals surface area (Å²) in [5.41, 5.74) is 1.26. The van der Waals surface area contributed by atoms with Gasteiger partial charge in [-0.1, -0.05) is 0 Å². The molecule has 0 radical (unpaired) electrons. The number of rotatable bonds is 5. The monoisotopic (exact) mass is 275 g/mol. The molecule has 1 heterocycles. The summed E-state index contributed by atoms with van der Waals surface area (Å²) in [6.07, 6.45) is 2.44. The lowest BCUT2D eigenvalue weighted by Gasteiger charge is -2.29. The van der Waals surface area contributed by atoms with Gasteiger partial charge in [0.25, 0.3) is 0 Å². The molecule has 1 fully saturated rings. The van der Waals surface area contributed by atoms with E-state index in [1.165, 1.54) is 25.0 Å². The Bertz CT molecular complexity index is 487. The Morgan fingerprint density at radius 3 is 2.85 bits per heavy atom. The van der Waals surface area contributed by atoms with E-state index in [1.807, 2.05) is 6.07 Å². The Balaban J connectivity index is 2.07. The van der Waals surface area contributed by atoms with Crippen LogP contribution in [0.1, 0.15) is 37.8 Å². The summed E-state index contributed by atoms with van der Waals surface area (Å²) in [4.78, 5) is 2.33. The van der Waals surface area contributed by atoms with Gasteiger partial charge in [-0.25, -0.2) is 4.39 Å². The first-order chi connectivity index (χ1) is 9.58. The van der Waals surface area contributed by atoms with Gasteiger partial charge in [-0.3, -0.25) is 4.90 Å². The summed E-state index contributed by atoms with van der Waals surface area (Å²) in [5.74, 6) is -0.332. The highest BCUT2D eigenvalue weighted by Gasteiger charge is 2.20. The molecule has 1 aromatic rings. The summed E-state index contributed by atoms with van der Waals surface area (Å²) < 4.78 is 13.5. The molecule has 1 N–H and O–H groups in total. The second-order valence-corrected chi connectivity index (χ2v) is 5.78. The molecule has 0 aromatic heterocycles. The molecule has 1 saturated heterocycles. The van der Waals surface area contributed by atoms with Crippen LogP contribution in [0.3, 0.4) is 0 Å². The van der Waals surface area contributed by atoms with Gasteiger partial charge in [0, 0.05) is 25.2 Å². The van der Waals surface area contributed by atoms with Gasteiger partial charge < -0.3 is 5.32 Å². The summed E-state index contributed by atoms with van der Waals surface area (Å²) in [5, 5.41) is 12.4. The topological polar surface area (TPSA) is 39.1 Å². The van der Waals surface area contributed by atoms with Crippen LogP contribution >= 0.6 is 0 Å². The minimum Gasteiger partial charge on any atom is -0.313 e. The van der Waals surface area contributed by atoms with Gasteiger partial charge in [-0.05, 0) is 57.0 Å². The Hall–Kier alpha value is -1.44. The lowest BCUT2D eigenvalue weighted by Crippen LogP contribution is -2.40. The van der Waals surface area contributed by atoms with E-state index >= 15 is 0 Å². The van der Waals surface area contributed by atoms with Crippen molar-refractivity contribution in [1.29, 1.82) is 5.26 Å². The molecule has 1 atom stereocenters. The normalized spacial score (nSPS) is 18.7. The van der Waals surface area contributed by atoms with Crippen molar-refractivity contribution in [3.05, 3.63) is 35.1 Å². The molecule has 3 nitrogen and oxygen atoms in total. The molecule has 20 heavy (non-hydrogen) atoms. The molecule has 1 aliphatic rings. The minimum atomic E-state index is -0.332. The average molecular weight is 275 g/mol. The van der Waals surface area contributed by atoms with Crippen LogP contribution in [0.2, 0.25) is 0 Å². The van der Waals surface area contributed by atoms with E-state index in [4.69, 9.17) is 5.26 Å². The van der Waals surface area contributed by atoms with Gasteiger partial charge in [0.15, 0.2) is 0 Å². The third-order valence-electron chi connectivity index (χ3n) is 3.82. The zero-order chi connectivity index (χ0) is 14.5.